The van der Waals surface area contributed by atoms with Crippen LogP contribution in [0.4, 0.5) is 11.5 Å². The van der Waals surface area contributed by atoms with Gasteiger partial charge in [-0.2, -0.15) is 4.31 Å². The molecule has 4 rings (SSSR count). The van der Waals surface area contributed by atoms with E-state index in [0.717, 1.165) is 18.5 Å². The quantitative estimate of drug-likeness (QED) is 0.597. The second kappa shape index (κ2) is 8.71. The van der Waals surface area contributed by atoms with E-state index in [0.29, 0.717) is 6.54 Å². The zero-order chi connectivity index (χ0) is 22.9. The van der Waals surface area contributed by atoms with E-state index in [1.807, 2.05) is 4.90 Å². The third-order valence-electron chi connectivity index (χ3n) is 5.43. The maximum atomic E-state index is 13.0. The lowest BCUT2D eigenvalue weighted by atomic mass is 10.1. The van der Waals surface area contributed by atoms with Gasteiger partial charge in [-0.1, -0.05) is 5.92 Å². The third-order valence-corrected chi connectivity index (χ3v) is 8.81. The van der Waals surface area contributed by atoms with Crippen LogP contribution in [-0.2, 0) is 20.0 Å². The Hall–Kier alpha value is -2.65. The summed E-state index contributed by atoms with van der Waals surface area (Å²) in [7, 11) is -7.26. The van der Waals surface area contributed by atoms with Crippen molar-refractivity contribution >= 4 is 31.6 Å². The number of nitrogen functional groups attached to an aromatic ring is 1. The summed E-state index contributed by atoms with van der Waals surface area (Å²) in [6.45, 7) is 2.55. The van der Waals surface area contributed by atoms with Gasteiger partial charge in [0.05, 0.1) is 4.90 Å². The molecule has 1 saturated heterocycles. The van der Waals surface area contributed by atoms with Crippen molar-refractivity contribution in [1.29, 1.82) is 0 Å². The summed E-state index contributed by atoms with van der Waals surface area (Å²) in [6, 6.07) is 9.17. The maximum absolute atomic E-state index is 13.0. The fourth-order valence-corrected chi connectivity index (χ4v) is 6.26. The molecule has 0 radical (unpaired) electrons. The molecule has 2 fully saturated rings. The highest BCUT2D eigenvalue weighted by Crippen LogP contribution is 2.27. The number of sulfonamides is 2. The van der Waals surface area contributed by atoms with Crippen molar-refractivity contribution in [3.63, 3.8) is 0 Å². The van der Waals surface area contributed by atoms with Crippen LogP contribution in [0.3, 0.4) is 0 Å². The zero-order valence-electron chi connectivity index (χ0n) is 17.6. The number of nitrogens with two attached hydrogens (primary N) is 1. The number of anilines is 2. The Kier molecular flexibility index (Phi) is 6.13. The molecular formula is C21H25N5O4S2. The molecule has 0 amide bonds. The molecule has 1 saturated carbocycles. The van der Waals surface area contributed by atoms with Gasteiger partial charge in [0.25, 0.3) is 0 Å². The lowest BCUT2D eigenvalue weighted by molar-refractivity contribution is 0.360. The summed E-state index contributed by atoms with van der Waals surface area (Å²) < 4.78 is 55.0. The van der Waals surface area contributed by atoms with E-state index < -0.39 is 20.0 Å². The Labute approximate surface area is 188 Å². The van der Waals surface area contributed by atoms with Gasteiger partial charge < -0.3 is 10.6 Å². The summed E-state index contributed by atoms with van der Waals surface area (Å²) in [5, 5.41) is 0. The normalized spacial score (nSPS) is 19.9. The number of aromatic nitrogens is 1. The molecule has 9 nitrogen and oxygen atoms in total. The fourth-order valence-electron chi connectivity index (χ4n) is 3.57. The van der Waals surface area contributed by atoms with Crippen molar-refractivity contribution in [2.75, 3.05) is 30.3 Å². The Bertz CT molecular complexity index is 1250. The van der Waals surface area contributed by atoms with E-state index in [-0.39, 0.29) is 40.8 Å². The van der Waals surface area contributed by atoms with E-state index in [1.54, 1.807) is 31.2 Å². The van der Waals surface area contributed by atoms with Gasteiger partial charge >= 0.3 is 0 Å². The van der Waals surface area contributed by atoms with Crippen LogP contribution < -0.4 is 15.4 Å². The van der Waals surface area contributed by atoms with Crippen LogP contribution in [0, 0.1) is 11.8 Å². The van der Waals surface area contributed by atoms with Crippen molar-refractivity contribution in [3.8, 4) is 11.8 Å². The predicted molar refractivity (Wildman–Crippen MR) is 122 cm³/mol. The van der Waals surface area contributed by atoms with Gasteiger partial charge in [-0.25, -0.2) is 26.5 Å². The number of piperazine rings is 1. The van der Waals surface area contributed by atoms with Gasteiger partial charge in [0.1, 0.15) is 16.8 Å². The molecule has 1 atom stereocenters. The smallest absolute Gasteiger partial charge is 0.244 e. The molecule has 1 aromatic heterocycles. The molecule has 11 heteroatoms. The van der Waals surface area contributed by atoms with E-state index in [1.165, 1.54) is 22.6 Å². The molecule has 3 N–H and O–H groups in total. The predicted octanol–water partition coefficient (Wildman–Crippen LogP) is 1.01. The largest absolute Gasteiger partial charge is 0.384 e. The Morgan fingerprint density at radius 2 is 1.72 bits per heavy atom. The third kappa shape index (κ3) is 4.73. The number of rotatable bonds is 6. The van der Waals surface area contributed by atoms with E-state index in [4.69, 9.17) is 5.73 Å². The molecule has 0 bridgehead atoms. The molecular weight excluding hydrogens is 450 g/mol. The fraction of sp³-hybridized carbons (Fsp3) is 0.381. The van der Waals surface area contributed by atoms with E-state index in [2.05, 4.69) is 21.5 Å². The van der Waals surface area contributed by atoms with E-state index in [9.17, 15) is 16.8 Å². The number of nitrogens with one attached hydrogen (secondary N) is 1. The summed E-state index contributed by atoms with van der Waals surface area (Å²) in [6.07, 6.45) is 3.00. The van der Waals surface area contributed by atoms with Crippen molar-refractivity contribution in [2.45, 2.75) is 41.6 Å². The Morgan fingerprint density at radius 1 is 1.03 bits per heavy atom. The first-order valence-electron chi connectivity index (χ1n) is 10.2. The second-order valence-corrected chi connectivity index (χ2v) is 11.4. The highest BCUT2D eigenvalue weighted by Gasteiger charge is 2.34. The molecule has 32 heavy (non-hydrogen) atoms. The number of pyridine rings is 1. The standard InChI is InChI=1S/C21H25N5O4S2/c1-2-3-18-15-25(32(29,30)20-10-11-21(22)23-14-20)12-13-26(18)17-6-8-19(9-7-17)31(27,28)24-16-4-5-16/h6-11,14,16,18,24H,4-5,12-13,15H2,1H3,(H2,22,23). The highest BCUT2D eigenvalue weighted by atomic mass is 32.2. The molecule has 2 aromatic rings. The molecule has 1 aliphatic heterocycles. The average Bonchev–Trinajstić information content (AvgIpc) is 3.58. The van der Waals surface area contributed by atoms with Crippen molar-refractivity contribution in [1.82, 2.24) is 14.0 Å². The van der Waals surface area contributed by atoms with Crippen LogP contribution in [0.25, 0.3) is 0 Å². The summed E-state index contributed by atoms with van der Waals surface area (Å²) in [4.78, 5) is 6.18. The van der Waals surface area contributed by atoms with Gasteiger partial charge in [-0.3, -0.25) is 0 Å². The molecule has 1 aliphatic carbocycles. The first-order valence-corrected chi connectivity index (χ1v) is 13.2. The van der Waals surface area contributed by atoms with Crippen molar-refractivity contribution < 1.29 is 16.8 Å². The number of nitrogens with zero attached hydrogens (tertiary/aromatic N) is 3. The minimum absolute atomic E-state index is 0.0372. The lowest BCUT2D eigenvalue weighted by Crippen LogP contribution is -2.54. The van der Waals surface area contributed by atoms with Gasteiger partial charge in [0.2, 0.25) is 20.0 Å². The Morgan fingerprint density at radius 3 is 2.31 bits per heavy atom. The lowest BCUT2D eigenvalue weighted by Gasteiger charge is -2.39. The molecule has 2 aliphatic rings. The monoisotopic (exact) mass is 475 g/mol. The minimum Gasteiger partial charge on any atom is -0.384 e. The Balaban J connectivity index is 1.53. The zero-order valence-corrected chi connectivity index (χ0v) is 19.2. The van der Waals surface area contributed by atoms with Crippen LogP contribution in [0.15, 0.2) is 52.4 Å². The number of hydrogen-bond donors (Lipinski definition) is 2. The van der Waals surface area contributed by atoms with Crippen LogP contribution in [-0.4, -0.2) is 57.8 Å². The SMILES string of the molecule is CC#CC1CN(S(=O)(=O)c2ccc(N)nc2)CCN1c1ccc(S(=O)(=O)NC2CC2)cc1. The topological polar surface area (TPSA) is 126 Å². The van der Waals surface area contributed by atoms with Crippen LogP contribution in [0.2, 0.25) is 0 Å². The van der Waals surface area contributed by atoms with Gasteiger partial charge in [-0.05, 0) is 56.2 Å². The molecule has 1 unspecified atom stereocenters. The summed E-state index contributed by atoms with van der Waals surface area (Å²) >= 11 is 0. The van der Waals surface area contributed by atoms with Crippen molar-refractivity contribution in [2.24, 2.45) is 0 Å². The van der Waals surface area contributed by atoms with Gasteiger partial charge in [0.15, 0.2) is 0 Å². The van der Waals surface area contributed by atoms with Crippen LogP contribution in [0.5, 0.6) is 0 Å². The minimum atomic E-state index is -3.73. The van der Waals surface area contributed by atoms with Crippen LogP contribution >= 0.6 is 0 Å². The summed E-state index contributed by atoms with van der Waals surface area (Å²) in [5.74, 6) is 6.20. The molecule has 0 spiro atoms. The first-order chi connectivity index (χ1) is 15.2. The summed E-state index contributed by atoms with van der Waals surface area (Å²) in [5.41, 5.74) is 6.36. The van der Waals surface area contributed by atoms with Crippen molar-refractivity contribution in [3.05, 3.63) is 42.6 Å². The number of hydrogen-bond acceptors (Lipinski definition) is 7. The molecule has 1 aromatic carbocycles. The molecule has 2 heterocycles. The van der Waals surface area contributed by atoms with Gasteiger partial charge in [-0.15, -0.1) is 5.92 Å². The average molecular weight is 476 g/mol. The number of benzene rings is 1. The molecule has 170 valence electrons. The highest BCUT2D eigenvalue weighted by molar-refractivity contribution is 7.89. The first kappa shape index (κ1) is 22.5. The second-order valence-electron chi connectivity index (χ2n) is 7.77. The maximum Gasteiger partial charge on any atom is 0.244 e. The van der Waals surface area contributed by atoms with E-state index >= 15 is 0 Å². The van der Waals surface area contributed by atoms with Gasteiger partial charge in [0, 0.05) is 37.6 Å². The van der Waals surface area contributed by atoms with Crippen LogP contribution in [0.1, 0.15) is 19.8 Å².